The summed E-state index contributed by atoms with van der Waals surface area (Å²) < 4.78 is 26.8. The molecule has 1 heterocycles. The molecule has 30 heavy (non-hydrogen) atoms. The van der Waals surface area contributed by atoms with E-state index in [9.17, 15) is 8.78 Å². The van der Waals surface area contributed by atoms with Gasteiger partial charge in [-0.25, -0.2) is 9.98 Å². The molecule has 0 bridgehead atoms. The molecule has 0 radical (unpaired) electrons. The second kappa shape index (κ2) is 12.3. The number of rotatable bonds is 8. The summed E-state index contributed by atoms with van der Waals surface area (Å²) in [6.45, 7) is 0.676. The minimum absolute atomic E-state index is 0. The largest absolute Gasteiger partial charge is 0.357 e. The normalized spacial score (nSPS) is 11.4. The Bertz CT molecular complexity index is 861. The lowest BCUT2D eigenvalue weighted by atomic mass is 9.91. The van der Waals surface area contributed by atoms with E-state index < -0.39 is 6.55 Å². The molecule has 0 aliphatic rings. The van der Waals surface area contributed by atoms with Crippen molar-refractivity contribution in [3.63, 3.8) is 0 Å². The van der Waals surface area contributed by atoms with Crippen molar-refractivity contribution in [1.82, 2.24) is 20.2 Å². The molecule has 0 unspecified atom stereocenters. The van der Waals surface area contributed by atoms with Gasteiger partial charge in [0.1, 0.15) is 12.4 Å². The average molecular weight is 525 g/mol. The topological polar surface area (TPSA) is 54.2 Å². The van der Waals surface area contributed by atoms with E-state index in [2.05, 4.69) is 44.9 Å². The molecule has 2 aromatic carbocycles. The third-order valence-corrected chi connectivity index (χ3v) is 4.56. The Hall–Kier alpha value is -2.49. The van der Waals surface area contributed by atoms with Crippen molar-refractivity contribution in [2.45, 2.75) is 25.9 Å². The van der Waals surface area contributed by atoms with Crippen LogP contribution >= 0.6 is 24.0 Å². The molecule has 2 N–H and O–H groups in total. The predicted molar refractivity (Wildman–Crippen MR) is 126 cm³/mol. The number of nitrogens with zero attached hydrogens (tertiary/aromatic N) is 3. The lowest BCUT2D eigenvalue weighted by Crippen LogP contribution is -2.39. The Kier molecular flexibility index (Phi) is 9.72. The number of benzene rings is 2. The summed E-state index contributed by atoms with van der Waals surface area (Å²) >= 11 is 0. The molecule has 3 aromatic rings. The summed E-state index contributed by atoms with van der Waals surface area (Å²) in [5.74, 6) is 0.914. The van der Waals surface area contributed by atoms with Gasteiger partial charge < -0.3 is 10.6 Å². The zero-order valence-corrected chi connectivity index (χ0v) is 19.0. The van der Waals surface area contributed by atoms with Crippen molar-refractivity contribution in [3.05, 3.63) is 90.0 Å². The van der Waals surface area contributed by atoms with Gasteiger partial charge in [-0.15, -0.1) is 24.0 Å². The second-order valence-corrected chi connectivity index (χ2v) is 6.48. The Balaban J connectivity index is 0.00000320. The summed E-state index contributed by atoms with van der Waals surface area (Å²) in [5.41, 5.74) is 2.38. The van der Waals surface area contributed by atoms with Gasteiger partial charge in [0.15, 0.2) is 5.96 Å². The number of guanidine groups is 1. The quantitative estimate of drug-likeness (QED) is 0.253. The second-order valence-electron chi connectivity index (χ2n) is 6.48. The van der Waals surface area contributed by atoms with Crippen molar-refractivity contribution in [3.8, 4) is 0 Å². The van der Waals surface area contributed by atoms with Gasteiger partial charge in [-0.1, -0.05) is 60.7 Å². The Morgan fingerprint density at radius 3 is 2.13 bits per heavy atom. The van der Waals surface area contributed by atoms with E-state index >= 15 is 0 Å². The molecule has 5 nitrogen and oxygen atoms in total. The molecule has 0 aliphatic heterocycles. The molecular weight excluding hydrogens is 499 g/mol. The van der Waals surface area contributed by atoms with Crippen LogP contribution in [-0.2, 0) is 6.54 Å². The van der Waals surface area contributed by atoms with Crippen LogP contribution in [0.3, 0.4) is 0 Å². The van der Waals surface area contributed by atoms with Crippen LogP contribution in [0.4, 0.5) is 8.78 Å². The lowest BCUT2D eigenvalue weighted by molar-refractivity contribution is 0.0671. The first-order valence-electron chi connectivity index (χ1n) is 9.61. The molecule has 0 atom stereocenters. The highest BCUT2D eigenvalue weighted by Gasteiger charge is 2.15. The van der Waals surface area contributed by atoms with Crippen molar-refractivity contribution >= 4 is 29.9 Å². The van der Waals surface area contributed by atoms with Gasteiger partial charge in [0.25, 0.3) is 0 Å². The van der Waals surface area contributed by atoms with Crippen molar-refractivity contribution in [1.29, 1.82) is 0 Å². The molecule has 8 heteroatoms. The van der Waals surface area contributed by atoms with Gasteiger partial charge in [-0.2, -0.15) is 8.78 Å². The third kappa shape index (κ3) is 6.51. The minimum atomic E-state index is -2.63. The Morgan fingerprint density at radius 2 is 1.60 bits per heavy atom. The highest BCUT2D eigenvalue weighted by atomic mass is 127. The average Bonchev–Trinajstić information content (AvgIpc) is 3.23. The number of imidazole rings is 1. The predicted octanol–water partition coefficient (Wildman–Crippen LogP) is 4.78. The zero-order chi connectivity index (χ0) is 20.5. The van der Waals surface area contributed by atoms with E-state index in [0.717, 1.165) is 4.57 Å². The summed E-state index contributed by atoms with van der Waals surface area (Å²) in [6.07, 6.45) is 2.62. The van der Waals surface area contributed by atoms with Gasteiger partial charge in [-0.05, 0) is 18.1 Å². The van der Waals surface area contributed by atoms with Gasteiger partial charge in [0.2, 0.25) is 0 Å². The first-order chi connectivity index (χ1) is 14.2. The van der Waals surface area contributed by atoms with Gasteiger partial charge in [0.05, 0.1) is 0 Å². The summed E-state index contributed by atoms with van der Waals surface area (Å²) in [7, 11) is 0. The summed E-state index contributed by atoms with van der Waals surface area (Å²) in [4.78, 5) is 8.42. The monoisotopic (exact) mass is 525 g/mol. The molecular formula is C22H26F2IN5. The first-order valence-corrected chi connectivity index (χ1v) is 9.61. The van der Waals surface area contributed by atoms with E-state index in [1.165, 1.54) is 23.5 Å². The van der Waals surface area contributed by atoms with Crippen LogP contribution in [0.2, 0.25) is 0 Å². The van der Waals surface area contributed by atoms with E-state index in [4.69, 9.17) is 0 Å². The maximum atomic E-state index is 13.0. The fraction of sp³-hybridized carbons (Fsp3) is 0.273. The number of aliphatic imine (C=N–C) groups is 1. The number of aromatic nitrogens is 2. The fourth-order valence-electron chi connectivity index (χ4n) is 3.13. The molecule has 0 saturated heterocycles. The number of hydrogen-bond donors (Lipinski definition) is 2. The van der Waals surface area contributed by atoms with Gasteiger partial charge in [-0.3, -0.25) is 4.57 Å². The maximum absolute atomic E-state index is 13.0. The highest BCUT2D eigenvalue weighted by Crippen LogP contribution is 2.23. The highest BCUT2D eigenvalue weighted by molar-refractivity contribution is 14.0. The SMILES string of the molecule is CCNC(=NCc1nccn1C(F)F)NCC(c1ccccc1)c1ccccc1.I. The van der Waals surface area contributed by atoms with Gasteiger partial charge >= 0.3 is 6.55 Å². The number of hydrogen-bond acceptors (Lipinski definition) is 2. The van der Waals surface area contributed by atoms with Crippen LogP contribution in [0.25, 0.3) is 0 Å². The number of alkyl halides is 2. The van der Waals surface area contributed by atoms with Crippen molar-refractivity contribution < 1.29 is 8.78 Å². The van der Waals surface area contributed by atoms with Crippen LogP contribution in [0, 0.1) is 0 Å². The van der Waals surface area contributed by atoms with Gasteiger partial charge in [0, 0.05) is 31.4 Å². The van der Waals surface area contributed by atoms with E-state index in [0.29, 0.717) is 19.0 Å². The summed E-state index contributed by atoms with van der Waals surface area (Å²) in [5, 5.41) is 6.51. The minimum Gasteiger partial charge on any atom is -0.357 e. The molecule has 0 aliphatic carbocycles. The molecule has 0 spiro atoms. The lowest BCUT2D eigenvalue weighted by Gasteiger charge is -2.20. The van der Waals surface area contributed by atoms with Crippen molar-refractivity contribution in [2.75, 3.05) is 13.1 Å². The fourth-order valence-corrected chi connectivity index (χ4v) is 3.13. The van der Waals surface area contributed by atoms with E-state index in [-0.39, 0.29) is 42.3 Å². The third-order valence-electron chi connectivity index (χ3n) is 4.56. The smallest absolute Gasteiger partial charge is 0.319 e. The van der Waals surface area contributed by atoms with Crippen LogP contribution in [0.5, 0.6) is 0 Å². The van der Waals surface area contributed by atoms with E-state index in [1.54, 1.807) is 0 Å². The summed E-state index contributed by atoms with van der Waals surface area (Å²) in [6, 6.07) is 20.5. The molecule has 0 amide bonds. The van der Waals surface area contributed by atoms with Crippen LogP contribution in [0.1, 0.15) is 36.3 Å². The first kappa shape index (κ1) is 23.8. The van der Waals surface area contributed by atoms with Crippen LogP contribution in [0.15, 0.2) is 78.0 Å². The Morgan fingerprint density at radius 1 is 1.00 bits per heavy atom. The number of halogens is 3. The van der Waals surface area contributed by atoms with Crippen LogP contribution in [-0.4, -0.2) is 28.6 Å². The van der Waals surface area contributed by atoms with Crippen LogP contribution < -0.4 is 10.6 Å². The Labute approximate surface area is 192 Å². The maximum Gasteiger partial charge on any atom is 0.319 e. The number of nitrogens with one attached hydrogen (secondary N) is 2. The molecule has 3 rings (SSSR count). The van der Waals surface area contributed by atoms with Crippen molar-refractivity contribution in [2.24, 2.45) is 4.99 Å². The molecule has 0 fully saturated rings. The standard InChI is InChI=1S/C22H25F2N5.HI/c1-2-25-22(28-16-20-26-13-14-29(20)21(23)24)27-15-19(17-9-5-3-6-10-17)18-11-7-4-8-12-18;/h3-14,19,21H,2,15-16H2,1H3,(H2,25,27,28);1H. The molecule has 1 aromatic heterocycles. The zero-order valence-electron chi connectivity index (χ0n) is 16.7. The molecule has 0 saturated carbocycles. The molecule has 160 valence electrons. The van der Waals surface area contributed by atoms with E-state index in [1.807, 2.05) is 43.3 Å².